The molecule has 3 rings (SSSR count). The molecule has 1 aromatic heterocycles. The molecule has 1 heterocycles. The van der Waals surface area contributed by atoms with Gasteiger partial charge in [0.25, 0.3) is 0 Å². The Hall–Kier alpha value is -3.03. The van der Waals surface area contributed by atoms with Crippen LogP contribution in [0.5, 0.6) is 11.6 Å². The molecule has 0 atom stereocenters. The van der Waals surface area contributed by atoms with Gasteiger partial charge in [0.1, 0.15) is 12.4 Å². The predicted octanol–water partition coefficient (Wildman–Crippen LogP) is 5.05. The zero-order valence-corrected chi connectivity index (χ0v) is 17.7. The zero-order chi connectivity index (χ0) is 21.3. The second kappa shape index (κ2) is 10.7. The highest BCUT2D eigenvalue weighted by Crippen LogP contribution is 2.25. The molecule has 9 heteroatoms. The van der Waals surface area contributed by atoms with Crippen LogP contribution in [0.25, 0.3) is 11.3 Å². The van der Waals surface area contributed by atoms with E-state index in [0.717, 1.165) is 17.0 Å². The van der Waals surface area contributed by atoms with Gasteiger partial charge in [-0.05, 0) is 55.5 Å². The Morgan fingerprint density at radius 2 is 1.77 bits per heavy atom. The molecule has 0 saturated carbocycles. The van der Waals surface area contributed by atoms with Crippen LogP contribution in [-0.2, 0) is 0 Å². The standard InChI is InChI=1S/C21H20Cl2N4O3/c1-2-29-16-6-3-14(4-7-16)19-9-10-20(27-26-19)30-12-11-24-21(28)25-15-5-8-17(22)18(23)13-15/h3-10,13H,2,11-12H2,1H3,(H2,24,25,28). The quantitative estimate of drug-likeness (QED) is 0.472. The van der Waals surface area contributed by atoms with Crippen LogP contribution in [0.3, 0.4) is 0 Å². The lowest BCUT2D eigenvalue weighted by atomic mass is 10.1. The predicted molar refractivity (Wildman–Crippen MR) is 118 cm³/mol. The summed E-state index contributed by atoms with van der Waals surface area (Å²) in [4.78, 5) is 11.9. The van der Waals surface area contributed by atoms with Gasteiger partial charge >= 0.3 is 6.03 Å². The zero-order valence-electron chi connectivity index (χ0n) is 16.2. The van der Waals surface area contributed by atoms with Crippen molar-refractivity contribution >= 4 is 34.9 Å². The number of amides is 2. The van der Waals surface area contributed by atoms with Gasteiger partial charge in [-0.25, -0.2) is 4.79 Å². The van der Waals surface area contributed by atoms with Crippen molar-refractivity contribution in [3.63, 3.8) is 0 Å². The summed E-state index contributed by atoms with van der Waals surface area (Å²) >= 11 is 11.8. The molecular formula is C21H20Cl2N4O3. The molecule has 0 aliphatic carbocycles. The number of benzene rings is 2. The minimum absolute atomic E-state index is 0.242. The lowest BCUT2D eigenvalue weighted by Gasteiger charge is -2.09. The Morgan fingerprint density at radius 3 is 2.43 bits per heavy atom. The Kier molecular flexibility index (Phi) is 7.70. The summed E-state index contributed by atoms with van der Waals surface area (Å²) < 4.78 is 10.9. The van der Waals surface area contributed by atoms with Crippen molar-refractivity contribution in [2.24, 2.45) is 0 Å². The second-order valence-electron chi connectivity index (χ2n) is 6.07. The summed E-state index contributed by atoms with van der Waals surface area (Å²) in [5, 5.41) is 14.4. The summed E-state index contributed by atoms with van der Waals surface area (Å²) in [6.45, 7) is 3.09. The van der Waals surface area contributed by atoms with Gasteiger partial charge in [0.2, 0.25) is 5.88 Å². The fraction of sp³-hybridized carbons (Fsp3) is 0.190. The van der Waals surface area contributed by atoms with Crippen LogP contribution in [-0.4, -0.2) is 36.0 Å². The van der Waals surface area contributed by atoms with Gasteiger partial charge in [-0.15, -0.1) is 10.2 Å². The monoisotopic (exact) mass is 446 g/mol. The molecule has 0 fully saturated rings. The topological polar surface area (TPSA) is 85.4 Å². The van der Waals surface area contributed by atoms with E-state index in [2.05, 4.69) is 20.8 Å². The Bertz CT molecular complexity index is 983. The highest BCUT2D eigenvalue weighted by atomic mass is 35.5. The maximum Gasteiger partial charge on any atom is 0.319 e. The van der Waals surface area contributed by atoms with E-state index in [1.165, 1.54) is 0 Å². The molecule has 0 aliphatic rings. The van der Waals surface area contributed by atoms with Gasteiger partial charge in [-0.2, -0.15) is 0 Å². The molecule has 0 bridgehead atoms. The molecule has 3 aromatic rings. The normalized spacial score (nSPS) is 10.4. The van der Waals surface area contributed by atoms with E-state index in [9.17, 15) is 4.79 Å². The molecule has 2 amide bonds. The van der Waals surface area contributed by atoms with Gasteiger partial charge in [0.15, 0.2) is 0 Å². The van der Waals surface area contributed by atoms with Gasteiger partial charge < -0.3 is 20.1 Å². The lowest BCUT2D eigenvalue weighted by Crippen LogP contribution is -2.32. The van der Waals surface area contributed by atoms with Crippen LogP contribution in [0.15, 0.2) is 54.6 Å². The van der Waals surface area contributed by atoms with Crippen LogP contribution < -0.4 is 20.1 Å². The first-order valence-corrected chi connectivity index (χ1v) is 10.0. The molecule has 0 saturated heterocycles. The molecule has 0 radical (unpaired) electrons. The van der Waals surface area contributed by atoms with Crippen LogP contribution in [0.1, 0.15) is 6.92 Å². The van der Waals surface area contributed by atoms with Crippen LogP contribution in [0, 0.1) is 0 Å². The van der Waals surface area contributed by atoms with E-state index in [0.29, 0.717) is 28.2 Å². The summed E-state index contributed by atoms with van der Waals surface area (Å²) in [6.07, 6.45) is 0. The van der Waals surface area contributed by atoms with Crippen molar-refractivity contribution in [3.05, 3.63) is 64.6 Å². The number of hydrogen-bond acceptors (Lipinski definition) is 5. The van der Waals surface area contributed by atoms with E-state index < -0.39 is 0 Å². The van der Waals surface area contributed by atoms with E-state index in [1.807, 2.05) is 37.3 Å². The third-order valence-electron chi connectivity index (χ3n) is 3.92. The third kappa shape index (κ3) is 6.23. The number of hydrogen-bond donors (Lipinski definition) is 2. The number of aromatic nitrogens is 2. The third-order valence-corrected chi connectivity index (χ3v) is 4.66. The summed E-state index contributed by atoms with van der Waals surface area (Å²) in [5.41, 5.74) is 2.20. The maximum absolute atomic E-state index is 11.9. The fourth-order valence-electron chi connectivity index (χ4n) is 2.51. The van der Waals surface area contributed by atoms with Crippen LogP contribution >= 0.6 is 23.2 Å². The minimum Gasteiger partial charge on any atom is -0.494 e. The van der Waals surface area contributed by atoms with Gasteiger partial charge in [0.05, 0.1) is 28.9 Å². The number of urea groups is 1. The van der Waals surface area contributed by atoms with Gasteiger partial charge in [-0.1, -0.05) is 23.2 Å². The molecule has 0 aliphatic heterocycles. The molecule has 0 unspecified atom stereocenters. The van der Waals surface area contributed by atoms with E-state index in [1.54, 1.807) is 24.3 Å². The number of rotatable bonds is 8. The number of ether oxygens (including phenoxy) is 2. The van der Waals surface area contributed by atoms with Gasteiger partial charge in [-0.3, -0.25) is 0 Å². The molecule has 156 valence electrons. The Morgan fingerprint density at radius 1 is 0.967 bits per heavy atom. The first-order chi connectivity index (χ1) is 14.5. The highest BCUT2D eigenvalue weighted by Gasteiger charge is 2.05. The van der Waals surface area contributed by atoms with Crippen molar-refractivity contribution < 1.29 is 14.3 Å². The average molecular weight is 447 g/mol. The molecule has 0 spiro atoms. The maximum atomic E-state index is 11.9. The van der Waals surface area contributed by atoms with Crippen molar-refractivity contribution in [3.8, 4) is 22.9 Å². The summed E-state index contributed by atoms with van der Waals surface area (Å²) in [5.74, 6) is 1.18. The number of nitrogens with zero attached hydrogens (tertiary/aromatic N) is 2. The van der Waals surface area contributed by atoms with Crippen LogP contribution in [0.2, 0.25) is 10.0 Å². The Labute approximate surface area is 184 Å². The van der Waals surface area contributed by atoms with E-state index >= 15 is 0 Å². The first kappa shape index (κ1) is 21.7. The lowest BCUT2D eigenvalue weighted by molar-refractivity contribution is 0.246. The fourth-order valence-corrected chi connectivity index (χ4v) is 2.81. The molecule has 2 aromatic carbocycles. The van der Waals surface area contributed by atoms with Crippen LogP contribution in [0.4, 0.5) is 10.5 Å². The average Bonchev–Trinajstić information content (AvgIpc) is 2.75. The molecule has 30 heavy (non-hydrogen) atoms. The minimum atomic E-state index is -0.381. The van der Waals surface area contributed by atoms with Crippen molar-refractivity contribution in [2.45, 2.75) is 6.92 Å². The number of carbonyl (C=O) groups excluding carboxylic acids is 1. The molecule has 2 N–H and O–H groups in total. The van der Waals surface area contributed by atoms with Gasteiger partial charge in [0, 0.05) is 17.3 Å². The SMILES string of the molecule is CCOc1ccc(-c2ccc(OCCNC(=O)Nc3ccc(Cl)c(Cl)c3)nn2)cc1. The van der Waals surface area contributed by atoms with E-state index in [4.69, 9.17) is 32.7 Å². The largest absolute Gasteiger partial charge is 0.494 e. The smallest absolute Gasteiger partial charge is 0.319 e. The number of nitrogens with one attached hydrogen (secondary N) is 2. The molecule has 7 nitrogen and oxygen atoms in total. The first-order valence-electron chi connectivity index (χ1n) is 9.25. The van der Waals surface area contributed by atoms with E-state index in [-0.39, 0.29) is 19.2 Å². The summed E-state index contributed by atoms with van der Waals surface area (Å²) in [6, 6.07) is 15.6. The number of anilines is 1. The summed E-state index contributed by atoms with van der Waals surface area (Å²) in [7, 11) is 0. The second-order valence-corrected chi connectivity index (χ2v) is 6.89. The van der Waals surface area contributed by atoms with Crippen molar-refractivity contribution in [2.75, 3.05) is 25.1 Å². The van der Waals surface area contributed by atoms with Crippen molar-refractivity contribution in [1.82, 2.24) is 15.5 Å². The number of halogens is 2. The molecular weight excluding hydrogens is 427 g/mol. The number of carbonyl (C=O) groups is 1. The van der Waals surface area contributed by atoms with Crippen molar-refractivity contribution in [1.29, 1.82) is 0 Å². The Balaban J connectivity index is 1.42. The highest BCUT2D eigenvalue weighted by molar-refractivity contribution is 6.42.